The van der Waals surface area contributed by atoms with E-state index in [1.807, 2.05) is 42.0 Å². The van der Waals surface area contributed by atoms with Crippen molar-refractivity contribution in [3.8, 4) is 0 Å². The van der Waals surface area contributed by atoms with Crippen LogP contribution >= 0.6 is 11.6 Å². The van der Waals surface area contributed by atoms with Crippen LogP contribution in [-0.2, 0) is 0 Å². The number of nitrogens with two attached hydrogens (primary N) is 1. The van der Waals surface area contributed by atoms with Crippen LogP contribution in [0.4, 0.5) is 0 Å². The minimum Gasteiger partial charge on any atom is -0.328 e. The molecule has 0 saturated heterocycles. The largest absolute Gasteiger partial charge is 0.328 e. The van der Waals surface area contributed by atoms with Gasteiger partial charge in [0.1, 0.15) is 0 Å². The minimum atomic E-state index is 0.00961. The van der Waals surface area contributed by atoms with Gasteiger partial charge in [-0.3, -0.25) is 0 Å². The molecule has 16 heavy (non-hydrogen) atoms. The second-order valence-corrected chi connectivity index (χ2v) is 4.30. The summed E-state index contributed by atoms with van der Waals surface area (Å²) >= 11 is 5.87. The first kappa shape index (κ1) is 11.2. The normalized spacial score (nSPS) is 14.7. The predicted octanol–water partition coefficient (Wildman–Crippen LogP) is 2.47. The van der Waals surface area contributed by atoms with Gasteiger partial charge in [0, 0.05) is 23.5 Å². The second kappa shape index (κ2) is 4.68. The fourth-order valence-corrected chi connectivity index (χ4v) is 1.97. The highest BCUT2D eigenvalue weighted by Gasteiger charge is 2.17. The van der Waals surface area contributed by atoms with Crippen LogP contribution in [0.1, 0.15) is 18.5 Å². The second-order valence-electron chi connectivity index (χ2n) is 3.87. The van der Waals surface area contributed by atoms with Gasteiger partial charge in [-0.15, -0.1) is 0 Å². The molecule has 0 radical (unpaired) electrons. The van der Waals surface area contributed by atoms with Crippen molar-refractivity contribution in [2.45, 2.75) is 19.0 Å². The highest BCUT2D eigenvalue weighted by Crippen LogP contribution is 2.22. The van der Waals surface area contributed by atoms with Crippen molar-refractivity contribution >= 4 is 11.6 Å². The van der Waals surface area contributed by atoms with Gasteiger partial charge in [-0.1, -0.05) is 23.7 Å². The van der Waals surface area contributed by atoms with Crippen molar-refractivity contribution in [2.75, 3.05) is 0 Å². The van der Waals surface area contributed by atoms with Gasteiger partial charge in [0.05, 0.1) is 12.4 Å². The minimum absolute atomic E-state index is 0.00961. The summed E-state index contributed by atoms with van der Waals surface area (Å²) < 4.78 is 2.01. The lowest BCUT2D eigenvalue weighted by Gasteiger charge is -2.22. The standard InChI is InChI=1S/C12H14ClN3/c1-9(14)12(16-7-6-15-8-16)10-2-4-11(13)5-3-10/h2-9,12H,14H2,1H3. The third-order valence-electron chi connectivity index (χ3n) is 2.56. The summed E-state index contributed by atoms with van der Waals surface area (Å²) in [5, 5.41) is 0.734. The molecule has 0 amide bonds. The lowest BCUT2D eigenvalue weighted by molar-refractivity contribution is 0.496. The summed E-state index contributed by atoms with van der Waals surface area (Å²) in [5.41, 5.74) is 7.15. The van der Waals surface area contributed by atoms with Gasteiger partial charge in [-0.25, -0.2) is 4.98 Å². The molecule has 0 aliphatic rings. The van der Waals surface area contributed by atoms with Crippen LogP contribution in [0.3, 0.4) is 0 Å². The first-order chi connectivity index (χ1) is 7.68. The Kier molecular flexibility index (Phi) is 3.27. The highest BCUT2D eigenvalue weighted by atomic mass is 35.5. The van der Waals surface area contributed by atoms with Crippen molar-refractivity contribution in [2.24, 2.45) is 5.73 Å². The van der Waals surface area contributed by atoms with Gasteiger partial charge < -0.3 is 10.3 Å². The van der Waals surface area contributed by atoms with E-state index in [1.54, 1.807) is 12.5 Å². The molecule has 0 aliphatic carbocycles. The molecule has 4 heteroatoms. The number of benzene rings is 1. The van der Waals surface area contributed by atoms with Crippen LogP contribution in [-0.4, -0.2) is 15.6 Å². The van der Waals surface area contributed by atoms with Crippen molar-refractivity contribution in [3.63, 3.8) is 0 Å². The molecule has 1 aromatic carbocycles. The number of imidazole rings is 1. The zero-order valence-corrected chi connectivity index (χ0v) is 9.80. The Morgan fingerprint density at radius 1 is 1.31 bits per heavy atom. The Labute approximate surface area is 99.9 Å². The lowest BCUT2D eigenvalue weighted by Crippen LogP contribution is -2.29. The Bertz CT molecular complexity index is 434. The van der Waals surface area contributed by atoms with Gasteiger partial charge in [-0.2, -0.15) is 0 Å². The third-order valence-corrected chi connectivity index (χ3v) is 2.81. The zero-order chi connectivity index (χ0) is 11.5. The number of halogens is 1. The number of aromatic nitrogens is 2. The zero-order valence-electron chi connectivity index (χ0n) is 9.05. The molecule has 2 rings (SSSR count). The summed E-state index contributed by atoms with van der Waals surface area (Å²) in [6.45, 7) is 1.99. The first-order valence-electron chi connectivity index (χ1n) is 5.17. The molecule has 3 nitrogen and oxygen atoms in total. The highest BCUT2D eigenvalue weighted by molar-refractivity contribution is 6.30. The molecule has 0 fully saturated rings. The SMILES string of the molecule is CC(N)C(c1ccc(Cl)cc1)n1ccnc1. The number of hydrogen-bond donors (Lipinski definition) is 1. The Morgan fingerprint density at radius 2 is 2.00 bits per heavy atom. The Morgan fingerprint density at radius 3 is 2.50 bits per heavy atom. The van der Waals surface area contributed by atoms with Crippen LogP contribution in [0.15, 0.2) is 43.0 Å². The van der Waals surface area contributed by atoms with E-state index in [9.17, 15) is 0 Å². The van der Waals surface area contributed by atoms with E-state index < -0.39 is 0 Å². The van der Waals surface area contributed by atoms with Crippen molar-refractivity contribution in [1.82, 2.24) is 9.55 Å². The molecule has 2 N–H and O–H groups in total. The fraction of sp³-hybridized carbons (Fsp3) is 0.250. The maximum Gasteiger partial charge on any atom is 0.0952 e. The molecule has 2 aromatic rings. The van der Waals surface area contributed by atoms with Gasteiger partial charge in [-0.05, 0) is 24.6 Å². The van der Waals surface area contributed by atoms with Crippen LogP contribution < -0.4 is 5.73 Å². The molecule has 2 atom stereocenters. The van der Waals surface area contributed by atoms with Crippen molar-refractivity contribution in [3.05, 3.63) is 53.6 Å². The van der Waals surface area contributed by atoms with Gasteiger partial charge in [0.25, 0.3) is 0 Å². The topological polar surface area (TPSA) is 43.8 Å². The van der Waals surface area contributed by atoms with Crippen LogP contribution in [0.5, 0.6) is 0 Å². The van der Waals surface area contributed by atoms with Crippen molar-refractivity contribution < 1.29 is 0 Å². The van der Waals surface area contributed by atoms with Crippen molar-refractivity contribution in [1.29, 1.82) is 0 Å². The summed E-state index contributed by atoms with van der Waals surface area (Å²) in [7, 11) is 0. The number of nitrogens with zero attached hydrogens (tertiary/aromatic N) is 2. The molecule has 0 aliphatic heterocycles. The summed E-state index contributed by atoms with van der Waals surface area (Å²) in [6.07, 6.45) is 5.45. The van der Waals surface area contributed by atoms with Gasteiger partial charge in [0.2, 0.25) is 0 Å². The van der Waals surface area contributed by atoms with Gasteiger partial charge >= 0.3 is 0 Å². The maximum absolute atomic E-state index is 6.02. The lowest BCUT2D eigenvalue weighted by atomic mass is 10.0. The molecule has 0 saturated carbocycles. The quantitative estimate of drug-likeness (QED) is 0.888. The van der Waals surface area contributed by atoms with Gasteiger partial charge in [0.15, 0.2) is 0 Å². The van der Waals surface area contributed by atoms with Crippen LogP contribution in [0.25, 0.3) is 0 Å². The average Bonchev–Trinajstić information content (AvgIpc) is 2.74. The van der Waals surface area contributed by atoms with E-state index in [0.29, 0.717) is 0 Å². The van der Waals surface area contributed by atoms with E-state index in [0.717, 1.165) is 10.6 Å². The summed E-state index contributed by atoms with van der Waals surface area (Å²) in [6, 6.07) is 7.86. The first-order valence-corrected chi connectivity index (χ1v) is 5.55. The van der Waals surface area contributed by atoms with E-state index in [1.165, 1.54) is 0 Å². The van der Waals surface area contributed by atoms with Crippen LogP contribution in [0.2, 0.25) is 5.02 Å². The van der Waals surface area contributed by atoms with E-state index >= 15 is 0 Å². The monoisotopic (exact) mass is 235 g/mol. The smallest absolute Gasteiger partial charge is 0.0952 e. The van der Waals surface area contributed by atoms with E-state index in [-0.39, 0.29) is 12.1 Å². The fourth-order valence-electron chi connectivity index (χ4n) is 1.84. The molecular formula is C12H14ClN3. The molecule has 2 unspecified atom stereocenters. The summed E-state index contributed by atoms with van der Waals surface area (Å²) in [5.74, 6) is 0. The van der Waals surface area contributed by atoms with E-state index in [4.69, 9.17) is 17.3 Å². The Hall–Kier alpha value is -1.32. The predicted molar refractivity (Wildman–Crippen MR) is 65.5 cm³/mol. The maximum atomic E-state index is 6.02. The average molecular weight is 236 g/mol. The third kappa shape index (κ3) is 2.26. The number of hydrogen-bond acceptors (Lipinski definition) is 2. The molecular weight excluding hydrogens is 222 g/mol. The molecule has 0 spiro atoms. The molecule has 1 aromatic heterocycles. The van der Waals surface area contributed by atoms with Crippen LogP contribution in [0, 0.1) is 0 Å². The molecule has 0 bridgehead atoms. The Balaban J connectivity index is 2.37. The number of rotatable bonds is 3. The molecule has 84 valence electrons. The summed E-state index contributed by atoms with van der Waals surface area (Å²) in [4.78, 5) is 4.05. The van der Waals surface area contributed by atoms with E-state index in [2.05, 4.69) is 4.98 Å². The molecule has 1 heterocycles.